The highest BCUT2D eigenvalue weighted by molar-refractivity contribution is 7.80. The quantitative estimate of drug-likeness (QED) is 0.660. The Labute approximate surface area is 137 Å². The average molecular weight is 315 g/mol. The highest BCUT2D eigenvalue weighted by Gasteiger charge is 2.52. The molecule has 0 spiro atoms. The van der Waals surface area contributed by atoms with E-state index in [1.54, 1.807) is 0 Å². The summed E-state index contributed by atoms with van der Waals surface area (Å²) in [6.07, 6.45) is 4.07. The van der Waals surface area contributed by atoms with E-state index in [0.717, 1.165) is 16.6 Å². The van der Waals surface area contributed by atoms with Crippen LogP contribution in [0.4, 0.5) is 0 Å². The number of hydrogen-bond acceptors (Lipinski definition) is 3. The number of fused-ring (bicyclic) bond motifs is 1. The van der Waals surface area contributed by atoms with E-state index in [-0.39, 0.29) is 18.3 Å². The third-order valence-electron chi connectivity index (χ3n) is 4.70. The molecule has 0 bridgehead atoms. The molecule has 1 aromatic carbocycles. The van der Waals surface area contributed by atoms with Gasteiger partial charge in [-0.25, -0.2) is 0 Å². The van der Waals surface area contributed by atoms with Crippen molar-refractivity contribution in [2.45, 2.75) is 38.9 Å². The van der Waals surface area contributed by atoms with Crippen LogP contribution < -0.4 is 0 Å². The van der Waals surface area contributed by atoms with Gasteiger partial charge >= 0.3 is 7.12 Å². The Morgan fingerprint density at radius 2 is 1.86 bits per heavy atom. The zero-order chi connectivity index (χ0) is 16.0. The van der Waals surface area contributed by atoms with Crippen molar-refractivity contribution in [1.82, 2.24) is 4.98 Å². The minimum atomic E-state index is -0.354. The second-order valence-corrected chi connectivity index (χ2v) is 7.07. The number of aromatic nitrogens is 1. The molecule has 2 heterocycles. The van der Waals surface area contributed by atoms with Crippen LogP contribution in [0.2, 0.25) is 0 Å². The Morgan fingerprint density at radius 3 is 2.50 bits per heavy atom. The first-order valence-corrected chi connectivity index (χ1v) is 8.20. The first kappa shape index (κ1) is 15.7. The molecule has 22 heavy (non-hydrogen) atoms. The van der Waals surface area contributed by atoms with Crippen LogP contribution in [0.3, 0.4) is 0 Å². The van der Waals surface area contributed by atoms with Gasteiger partial charge in [0.25, 0.3) is 0 Å². The predicted molar refractivity (Wildman–Crippen MR) is 96.2 cm³/mol. The van der Waals surface area contributed by atoms with E-state index in [9.17, 15) is 0 Å². The van der Waals surface area contributed by atoms with Crippen molar-refractivity contribution in [1.29, 1.82) is 0 Å². The fourth-order valence-electron chi connectivity index (χ4n) is 2.61. The monoisotopic (exact) mass is 315 g/mol. The summed E-state index contributed by atoms with van der Waals surface area (Å²) < 4.78 is 12.3. The molecule has 3 rings (SSSR count). The van der Waals surface area contributed by atoms with Crippen LogP contribution in [-0.4, -0.2) is 29.1 Å². The number of H-pyrrole nitrogens is 1. The summed E-state index contributed by atoms with van der Waals surface area (Å²) in [7, 11) is -0.354. The fourth-order valence-corrected chi connectivity index (χ4v) is 2.85. The normalized spacial score (nSPS) is 20.8. The van der Waals surface area contributed by atoms with Gasteiger partial charge in [-0.05, 0) is 50.2 Å². The number of thiol groups is 1. The van der Waals surface area contributed by atoms with Crippen molar-refractivity contribution in [3.63, 3.8) is 0 Å². The summed E-state index contributed by atoms with van der Waals surface area (Å²) >= 11 is 4.48. The van der Waals surface area contributed by atoms with Crippen LogP contribution in [0, 0.1) is 0 Å². The predicted octanol–water partition coefficient (Wildman–Crippen LogP) is 4.11. The van der Waals surface area contributed by atoms with Gasteiger partial charge in [0.15, 0.2) is 0 Å². The molecule has 0 atom stereocenters. The van der Waals surface area contributed by atoms with Gasteiger partial charge in [0, 0.05) is 11.9 Å². The molecule has 0 unspecified atom stereocenters. The summed E-state index contributed by atoms with van der Waals surface area (Å²) in [4.78, 5) is 3.29. The lowest BCUT2D eigenvalue weighted by atomic mass is 9.78. The highest BCUT2D eigenvalue weighted by Crippen LogP contribution is 2.39. The van der Waals surface area contributed by atoms with Crippen molar-refractivity contribution in [2.24, 2.45) is 0 Å². The minimum Gasteiger partial charge on any atom is -0.400 e. The maximum Gasteiger partial charge on any atom is 0.491 e. The van der Waals surface area contributed by atoms with Gasteiger partial charge in [-0.1, -0.05) is 24.3 Å². The molecule has 0 aliphatic carbocycles. The van der Waals surface area contributed by atoms with Crippen LogP contribution >= 0.6 is 12.6 Å². The van der Waals surface area contributed by atoms with Gasteiger partial charge in [-0.3, -0.25) is 0 Å². The third kappa shape index (κ3) is 2.62. The third-order valence-corrected chi connectivity index (χ3v) is 5.06. The Bertz CT molecular complexity index is 704. The summed E-state index contributed by atoms with van der Waals surface area (Å²) in [6.45, 7) is 8.26. The van der Waals surface area contributed by atoms with Crippen LogP contribution in [0.15, 0.2) is 35.9 Å². The van der Waals surface area contributed by atoms with Crippen molar-refractivity contribution in [3.8, 4) is 0 Å². The molecule has 1 N–H and O–H groups in total. The molecular formula is C17H22BNO2S. The maximum atomic E-state index is 6.13. The Morgan fingerprint density at radius 1 is 1.18 bits per heavy atom. The molecule has 116 valence electrons. The molecule has 5 heteroatoms. The second kappa shape index (κ2) is 5.48. The van der Waals surface area contributed by atoms with Gasteiger partial charge in [-0.2, -0.15) is 12.6 Å². The zero-order valence-corrected chi connectivity index (χ0v) is 14.4. The molecule has 1 aliphatic heterocycles. The lowest BCUT2D eigenvalue weighted by Crippen LogP contribution is -2.41. The smallest absolute Gasteiger partial charge is 0.400 e. The van der Waals surface area contributed by atoms with Crippen molar-refractivity contribution in [2.75, 3.05) is 5.75 Å². The fraction of sp³-hybridized carbons (Fsp3) is 0.412. The molecule has 1 aromatic heterocycles. The van der Waals surface area contributed by atoms with E-state index in [4.69, 9.17) is 9.31 Å². The molecule has 2 aromatic rings. The van der Waals surface area contributed by atoms with Crippen LogP contribution in [0.25, 0.3) is 17.0 Å². The lowest BCUT2D eigenvalue weighted by molar-refractivity contribution is 0.00578. The van der Waals surface area contributed by atoms with E-state index >= 15 is 0 Å². The first-order chi connectivity index (χ1) is 10.3. The van der Waals surface area contributed by atoms with E-state index in [0.29, 0.717) is 5.75 Å². The summed E-state index contributed by atoms with van der Waals surface area (Å²) in [5.74, 6) is 0.591. The zero-order valence-electron chi connectivity index (χ0n) is 13.5. The number of rotatable bonds is 3. The van der Waals surface area contributed by atoms with Gasteiger partial charge < -0.3 is 14.3 Å². The number of hydrogen-bond donors (Lipinski definition) is 2. The van der Waals surface area contributed by atoms with E-state index in [2.05, 4.69) is 75.6 Å². The molecule has 0 amide bonds. The van der Waals surface area contributed by atoms with Gasteiger partial charge in [0.2, 0.25) is 0 Å². The van der Waals surface area contributed by atoms with E-state index < -0.39 is 0 Å². The van der Waals surface area contributed by atoms with Gasteiger partial charge in [0.05, 0.1) is 16.7 Å². The van der Waals surface area contributed by atoms with Crippen LogP contribution in [0.5, 0.6) is 0 Å². The van der Waals surface area contributed by atoms with Crippen LogP contribution in [-0.2, 0) is 9.31 Å². The number of para-hydroxylation sites is 1. The second-order valence-electron chi connectivity index (χ2n) is 6.75. The van der Waals surface area contributed by atoms with Crippen molar-refractivity contribution < 1.29 is 9.31 Å². The largest absolute Gasteiger partial charge is 0.491 e. The molecule has 1 fully saturated rings. The Kier molecular flexibility index (Phi) is 3.92. The molecule has 3 nitrogen and oxygen atoms in total. The maximum absolute atomic E-state index is 6.13. The summed E-state index contributed by atoms with van der Waals surface area (Å²) in [5.41, 5.74) is 2.61. The standard InChI is InChI=1S/C17H22BNO2S/c1-16(2)17(3,4)21-18(20-16)14(11-22)10-13-7-5-6-12-8-9-19-15(12)13/h5-10,19,22H,11H2,1-4H3. The first-order valence-electron chi connectivity index (χ1n) is 7.57. The number of benzene rings is 1. The topological polar surface area (TPSA) is 34.2 Å². The average Bonchev–Trinajstić information content (AvgIpc) is 2.99. The lowest BCUT2D eigenvalue weighted by Gasteiger charge is -2.32. The highest BCUT2D eigenvalue weighted by atomic mass is 32.1. The summed E-state index contributed by atoms with van der Waals surface area (Å²) in [5, 5.41) is 1.20. The van der Waals surface area contributed by atoms with Gasteiger partial charge in [-0.15, -0.1) is 0 Å². The van der Waals surface area contributed by atoms with Crippen molar-refractivity contribution >= 4 is 36.7 Å². The molecular weight excluding hydrogens is 293 g/mol. The number of aromatic amines is 1. The Hall–Kier alpha value is -1.17. The molecule has 0 saturated carbocycles. The van der Waals surface area contributed by atoms with E-state index in [1.807, 2.05) is 6.20 Å². The van der Waals surface area contributed by atoms with Crippen LogP contribution in [0.1, 0.15) is 33.3 Å². The van der Waals surface area contributed by atoms with E-state index in [1.165, 1.54) is 5.39 Å². The van der Waals surface area contributed by atoms with Gasteiger partial charge in [0.1, 0.15) is 0 Å². The molecule has 1 aliphatic rings. The SMILES string of the molecule is CC1(C)OB(C(=Cc2cccc3cc[nH]c23)CS)OC1(C)C. The van der Waals surface area contributed by atoms with Crippen molar-refractivity contribution in [3.05, 3.63) is 41.5 Å². The minimum absolute atomic E-state index is 0.335. The summed E-state index contributed by atoms with van der Waals surface area (Å²) in [6, 6.07) is 8.32. The number of nitrogens with one attached hydrogen (secondary N) is 1. The molecule has 1 saturated heterocycles. The molecule has 0 radical (unpaired) electrons. The Balaban J connectivity index is 1.97.